The number of carbonyl (C=O) groups excluding carboxylic acids is 1. The van der Waals surface area contributed by atoms with Crippen molar-refractivity contribution in [3.63, 3.8) is 0 Å². The zero-order chi connectivity index (χ0) is 26.5. The fourth-order valence-electron chi connectivity index (χ4n) is 3.94. The van der Waals surface area contributed by atoms with Crippen LogP contribution >= 0.6 is 0 Å². The monoisotopic (exact) mass is 494 g/mol. The van der Waals surface area contributed by atoms with Gasteiger partial charge in [0.15, 0.2) is 23.1 Å². The molecule has 0 unspecified atom stereocenters. The van der Waals surface area contributed by atoms with Crippen molar-refractivity contribution in [1.82, 2.24) is 4.90 Å². The smallest absolute Gasteiger partial charge is 0.197 e. The second-order valence-electron chi connectivity index (χ2n) is 9.55. The number of Topliss-reactive ketones (excluding diaryl/α,β-unsaturated/α-hetero) is 1. The zero-order valence-corrected chi connectivity index (χ0v) is 21.6. The van der Waals surface area contributed by atoms with E-state index < -0.39 is 5.82 Å². The summed E-state index contributed by atoms with van der Waals surface area (Å²) in [4.78, 5) is 14.9. The number of hydrogen-bond donors (Lipinski definition) is 1. The van der Waals surface area contributed by atoms with Gasteiger partial charge in [-0.1, -0.05) is 20.8 Å². The molecule has 1 radical (unpaired) electrons. The van der Waals surface area contributed by atoms with Gasteiger partial charge in [0, 0.05) is 24.6 Å². The standard InChI is InChI=1S/C28H33FN3O4/c1-6-34-23-14-19-16-32(27(31)24(19)25(29)26(23)35-7-2)17-22(33)18-12-20(28(3,4)5)15-21(13-18)36-11-9-8-10-30/h12-14,31H,6-9,11,16-17H2,1-5H3. The number of unbranched alkanes of at least 4 members (excludes halogenated alkanes) is 1. The van der Waals surface area contributed by atoms with Crippen molar-refractivity contribution in [2.24, 2.45) is 0 Å². The van der Waals surface area contributed by atoms with Crippen LogP contribution in [0.4, 0.5) is 4.39 Å². The zero-order valence-electron chi connectivity index (χ0n) is 21.6. The Hall–Kier alpha value is -3.60. The van der Waals surface area contributed by atoms with Crippen molar-refractivity contribution in [2.45, 2.75) is 59.4 Å². The molecule has 0 spiro atoms. The normalized spacial score (nSPS) is 12.8. The fourth-order valence-corrected chi connectivity index (χ4v) is 3.94. The highest BCUT2D eigenvalue weighted by molar-refractivity contribution is 6.06. The van der Waals surface area contributed by atoms with E-state index in [0.717, 1.165) is 5.56 Å². The molecule has 0 atom stereocenters. The molecule has 2 aromatic carbocycles. The number of nitriles is 1. The molecule has 36 heavy (non-hydrogen) atoms. The van der Waals surface area contributed by atoms with Gasteiger partial charge in [0.1, 0.15) is 11.6 Å². The van der Waals surface area contributed by atoms with Gasteiger partial charge in [0.2, 0.25) is 0 Å². The fraction of sp³-hybridized carbons (Fsp3) is 0.464. The Morgan fingerprint density at radius 3 is 2.56 bits per heavy atom. The Balaban J connectivity index is 1.86. The molecule has 1 N–H and O–H groups in total. The lowest BCUT2D eigenvalue weighted by Crippen LogP contribution is -2.30. The second kappa shape index (κ2) is 11.4. The third kappa shape index (κ3) is 5.96. The molecule has 1 aliphatic rings. The van der Waals surface area contributed by atoms with Crippen LogP contribution in [0.2, 0.25) is 0 Å². The number of rotatable bonds is 11. The number of amidine groups is 1. The third-order valence-electron chi connectivity index (χ3n) is 5.77. The summed E-state index contributed by atoms with van der Waals surface area (Å²) in [6.07, 6.45) is 0.963. The van der Waals surface area contributed by atoms with Crippen molar-refractivity contribution >= 4 is 11.6 Å². The van der Waals surface area contributed by atoms with E-state index in [-0.39, 0.29) is 48.0 Å². The first kappa shape index (κ1) is 27.0. The SMILES string of the molecule is CCOc1cc2c(c(F)c1OCC)C(=N)N(CC(=O)c1cc(OCCCC#N)[c]c(C(C)(C)C)c1)C2. The largest absolute Gasteiger partial charge is 0.493 e. The van der Waals surface area contributed by atoms with Crippen LogP contribution in [0.25, 0.3) is 0 Å². The van der Waals surface area contributed by atoms with Gasteiger partial charge in [-0.25, -0.2) is 4.39 Å². The molecular formula is C28H33FN3O4. The van der Waals surface area contributed by atoms with Crippen molar-refractivity contribution in [3.05, 3.63) is 52.3 Å². The maximum atomic E-state index is 15.3. The molecule has 1 heterocycles. The molecule has 191 valence electrons. The van der Waals surface area contributed by atoms with E-state index in [1.54, 1.807) is 36.9 Å². The van der Waals surface area contributed by atoms with Crippen molar-refractivity contribution in [1.29, 1.82) is 10.7 Å². The molecule has 8 heteroatoms. The van der Waals surface area contributed by atoms with Gasteiger partial charge in [-0.2, -0.15) is 5.26 Å². The van der Waals surface area contributed by atoms with Gasteiger partial charge in [-0.3, -0.25) is 10.2 Å². The summed E-state index contributed by atoms with van der Waals surface area (Å²) in [5.74, 6) is -0.200. The van der Waals surface area contributed by atoms with Crippen LogP contribution in [-0.2, 0) is 12.0 Å². The molecule has 0 bridgehead atoms. The lowest BCUT2D eigenvalue weighted by Gasteiger charge is -2.22. The average molecular weight is 495 g/mol. The molecule has 0 aliphatic carbocycles. The molecule has 7 nitrogen and oxygen atoms in total. The first-order valence-corrected chi connectivity index (χ1v) is 12.2. The number of nitrogens with zero attached hydrogens (tertiary/aromatic N) is 2. The molecule has 0 saturated heterocycles. The number of halogens is 1. The summed E-state index contributed by atoms with van der Waals surface area (Å²) in [5.41, 5.74) is 1.69. The first-order valence-electron chi connectivity index (χ1n) is 12.2. The molecule has 0 fully saturated rings. The average Bonchev–Trinajstić information content (AvgIpc) is 3.13. The van der Waals surface area contributed by atoms with Gasteiger partial charge in [-0.15, -0.1) is 0 Å². The highest BCUT2D eigenvalue weighted by Gasteiger charge is 2.33. The highest BCUT2D eigenvalue weighted by atomic mass is 19.1. The molecule has 3 rings (SSSR count). The van der Waals surface area contributed by atoms with Gasteiger partial charge in [-0.05, 0) is 55.0 Å². The Morgan fingerprint density at radius 1 is 1.19 bits per heavy atom. The summed E-state index contributed by atoms with van der Waals surface area (Å²) < 4.78 is 32.1. The van der Waals surface area contributed by atoms with Crippen LogP contribution in [0, 0.1) is 28.6 Å². The summed E-state index contributed by atoms with van der Waals surface area (Å²) >= 11 is 0. The number of nitrogens with one attached hydrogen (secondary N) is 1. The van der Waals surface area contributed by atoms with Gasteiger partial charge in [0.05, 0.1) is 38.0 Å². The quantitative estimate of drug-likeness (QED) is 0.331. The van der Waals surface area contributed by atoms with Crippen molar-refractivity contribution in [3.8, 4) is 23.3 Å². The van der Waals surface area contributed by atoms with Crippen molar-refractivity contribution < 1.29 is 23.4 Å². The van der Waals surface area contributed by atoms with Crippen LogP contribution in [0.5, 0.6) is 17.2 Å². The van der Waals surface area contributed by atoms with E-state index in [1.165, 1.54) is 0 Å². The van der Waals surface area contributed by atoms with E-state index >= 15 is 4.39 Å². The predicted molar refractivity (Wildman–Crippen MR) is 135 cm³/mol. The molecule has 0 saturated carbocycles. The Kier molecular flexibility index (Phi) is 8.57. The number of carbonyl (C=O) groups is 1. The molecule has 2 aromatic rings. The first-order chi connectivity index (χ1) is 17.1. The number of ketones is 1. The Bertz CT molecular complexity index is 1180. The molecule has 0 aromatic heterocycles. The number of benzene rings is 2. The van der Waals surface area contributed by atoms with Crippen LogP contribution in [0.1, 0.15) is 74.5 Å². The van der Waals surface area contributed by atoms with Crippen molar-refractivity contribution in [2.75, 3.05) is 26.4 Å². The van der Waals surface area contributed by atoms with Crippen LogP contribution in [-0.4, -0.2) is 42.9 Å². The lowest BCUT2D eigenvalue weighted by atomic mass is 9.85. The topological polar surface area (TPSA) is 95.6 Å². The summed E-state index contributed by atoms with van der Waals surface area (Å²) in [7, 11) is 0. The second-order valence-corrected chi connectivity index (χ2v) is 9.55. The minimum absolute atomic E-state index is 0.0115. The Labute approximate surface area is 212 Å². The summed E-state index contributed by atoms with van der Waals surface area (Å²) in [6.45, 7) is 10.7. The van der Waals surface area contributed by atoms with E-state index in [1.807, 2.05) is 20.8 Å². The Morgan fingerprint density at radius 2 is 1.92 bits per heavy atom. The number of ether oxygens (including phenoxy) is 3. The maximum absolute atomic E-state index is 15.3. The van der Waals surface area contributed by atoms with Gasteiger partial charge in [0.25, 0.3) is 0 Å². The van der Waals surface area contributed by atoms with Gasteiger partial charge >= 0.3 is 0 Å². The minimum Gasteiger partial charge on any atom is -0.493 e. The molecule has 0 amide bonds. The third-order valence-corrected chi connectivity index (χ3v) is 5.77. The summed E-state index contributed by atoms with van der Waals surface area (Å²) in [5, 5.41) is 17.3. The van der Waals surface area contributed by atoms with Gasteiger partial charge < -0.3 is 19.1 Å². The van der Waals surface area contributed by atoms with E-state index in [4.69, 9.17) is 24.9 Å². The van der Waals surface area contributed by atoms with E-state index in [0.29, 0.717) is 48.7 Å². The van der Waals surface area contributed by atoms with Crippen LogP contribution in [0.15, 0.2) is 18.2 Å². The van der Waals surface area contributed by atoms with E-state index in [2.05, 4.69) is 12.1 Å². The predicted octanol–water partition coefficient (Wildman–Crippen LogP) is 5.43. The maximum Gasteiger partial charge on any atom is 0.197 e. The van der Waals surface area contributed by atoms with Crippen LogP contribution in [0.3, 0.4) is 0 Å². The minimum atomic E-state index is -0.643. The molecule has 1 aliphatic heterocycles. The van der Waals surface area contributed by atoms with Crippen LogP contribution < -0.4 is 14.2 Å². The number of hydrogen-bond acceptors (Lipinski definition) is 6. The lowest BCUT2D eigenvalue weighted by molar-refractivity contribution is 0.0962. The number of fused-ring (bicyclic) bond motifs is 1. The van der Waals surface area contributed by atoms with E-state index in [9.17, 15) is 4.79 Å². The molecular weight excluding hydrogens is 461 g/mol. The highest BCUT2D eigenvalue weighted by Crippen LogP contribution is 2.39. The summed E-state index contributed by atoms with van der Waals surface area (Å²) in [6, 6.07) is 10.4.